The predicted octanol–water partition coefficient (Wildman–Crippen LogP) is 2.77. The third kappa shape index (κ3) is 7.14. The molecular formula is C22H25N2NaO3S. The third-order valence-electron chi connectivity index (χ3n) is 5.20. The average Bonchev–Trinajstić information content (AvgIpc) is 2.73. The van der Waals surface area contributed by atoms with Gasteiger partial charge in [0, 0.05) is 30.3 Å². The number of carbonyl (C=O) groups is 1. The molecule has 0 spiro atoms. The van der Waals surface area contributed by atoms with Gasteiger partial charge >= 0.3 is 35.5 Å². The molecule has 1 fully saturated rings. The number of piperidine rings is 1. The van der Waals surface area contributed by atoms with Gasteiger partial charge in [-0.3, -0.25) is 0 Å². The fourth-order valence-corrected chi connectivity index (χ4v) is 4.33. The first-order valence-electron chi connectivity index (χ1n) is 9.37. The Labute approximate surface area is 198 Å². The quantitative estimate of drug-likeness (QED) is 0.529. The van der Waals surface area contributed by atoms with E-state index < -0.39 is 11.6 Å². The first kappa shape index (κ1) is 23.9. The Balaban J connectivity index is 0.00000300. The van der Waals surface area contributed by atoms with Gasteiger partial charge < -0.3 is 15.1 Å². The molecule has 1 saturated heterocycles. The molecule has 0 bridgehead atoms. The van der Waals surface area contributed by atoms with Crippen molar-refractivity contribution in [3.8, 4) is 6.07 Å². The van der Waals surface area contributed by atoms with Crippen molar-refractivity contribution in [1.82, 2.24) is 4.90 Å². The van der Waals surface area contributed by atoms with Crippen LogP contribution in [0.5, 0.6) is 0 Å². The van der Waals surface area contributed by atoms with Crippen LogP contribution in [0.25, 0.3) is 0 Å². The molecule has 0 saturated carbocycles. The van der Waals surface area contributed by atoms with E-state index >= 15 is 0 Å². The summed E-state index contributed by atoms with van der Waals surface area (Å²) in [6.07, 6.45) is 2.41. The first-order valence-corrected chi connectivity index (χ1v) is 10.4. The third-order valence-corrected chi connectivity index (χ3v) is 6.48. The van der Waals surface area contributed by atoms with Gasteiger partial charge in [0.15, 0.2) is 0 Å². The molecule has 0 aromatic heterocycles. The number of thioether (sulfide) groups is 1. The molecule has 0 unspecified atom stereocenters. The number of benzene rings is 2. The summed E-state index contributed by atoms with van der Waals surface area (Å²) in [5, 5.41) is 28.7. The van der Waals surface area contributed by atoms with E-state index in [2.05, 4.69) is 11.0 Å². The summed E-state index contributed by atoms with van der Waals surface area (Å²) in [7, 11) is 0. The Morgan fingerprint density at radius 1 is 1.10 bits per heavy atom. The molecule has 5 nitrogen and oxygen atoms in total. The summed E-state index contributed by atoms with van der Waals surface area (Å²) in [6.45, 7) is 2.68. The van der Waals surface area contributed by atoms with Crippen LogP contribution < -0.4 is 0 Å². The molecule has 148 valence electrons. The van der Waals surface area contributed by atoms with E-state index in [1.807, 2.05) is 24.3 Å². The van der Waals surface area contributed by atoms with E-state index in [9.17, 15) is 9.90 Å². The summed E-state index contributed by atoms with van der Waals surface area (Å²) in [6, 6.07) is 16.6. The van der Waals surface area contributed by atoms with Crippen LogP contribution in [-0.4, -0.2) is 81.6 Å². The summed E-state index contributed by atoms with van der Waals surface area (Å²) < 4.78 is 0. The van der Waals surface area contributed by atoms with Gasteiger partial charge in [0.05, 0.1) is 22.8 Å². The number of rotatable bonds is 7. The minimum absolute atomic E-state index is 0. The van der Waals surface area contributed by atoms with Gasteiger partial charge in [-0.2, -0.15) is 5.26 Å². The van der Waals surface area contributed by atoms with Crippen LogP contribution in [0, 0.1) is 11.3 Å². The number of aliphatic hydroxyl groups is 1. The van der Waals surface area contributed by atoms with Crippen LogP contribution in [0.1, 0.15) is 34.3 Å². The molecule has 7 heteroatoms. The molecule has 0 amide bonds. The standard InChI is InChI=1S/C22H24N2O3S.Na.H/c23-15-18-3-1-17(2-4-18)9-12-24-13-10-22(27,11-14-24)16-28-20-7-5-19(6-8-20)21(25)26;;/h1-8,27H,9-14,16H2,(H,25,26);;. The molecule has 0 radical (unpaired) electrons. The number of nitrogens with zero attached hydrogens (tertiary/aromatic N) is 2. The molecule has 2 aromatic carbocycles. The topological polar surface area (TPSA) is 84.6 Å². The summed E-state index contributed by atoms with van der Waals surface area (Å²) in [4.78, 5) is 14.3. The van der Waals surface area contributed by atoms with Crippen molar-refractivity contribution >= 4 is 47.3 Å². The average molecular weight is 421 g/mol. The van der Waals surface area contributed by atoms with Crippen molar-refractivity contribution in [1.29, 1.82) is 5.26 Å². The molecule has 0 atom stereocenters. The Kier molecular flexibility index (Phi) is 9.22. The summed E-state index contributed by atoms with van der Waals surface area (Å²) >= 11 is 1.57. The zero-order chi connectivity index (χ0) is 20.0. The molecule has 0 aliphatic carbocycles. The maximum atomic E-state index is 10.9. The van der Waals surface area contributed by atoms with Crippen molar-refractivity contribution in [2.45, 2.75) is 29.8 Å². The van der Waals surface area contributed by atoms with E-state index in [1.165, 1.54) is 5.56 Å². The Bertz CT molecular complexity index is 842. The summed E-state index contributed by atoms with van der Waals surface area (Å²) in [5.74, 6) is -0.313. The summed E-state index contributed by atoms with van der Waals surface area (Å²) in [5.41, 5.74) is 1.50. The van der Waals surface area contributed by atoms with Crippen molar-refractivity contribution in [2.24, 2.45) is 0 Å². The van der Waals surface area contributed by atoms with Crippen LogP contribution in [0.4, 0.5) is 0 Å². The minimum atomic E-state index is -0.927. The van der Waals surface area contributed by atoms with Crippen molar-refractivity contribution in [3.05, 3.63) is 65.2 Å². The zero-order valence-corrected chi connectivity index (χ0v) is 16.5. The van der Waals surface area contributed by atoms with Crippen LogP contribution in [-0.2, 0) is 6.42 Å². The van der Waals surface area contributed by atoms with Gasteiger partial charge in [0.25, 0.3) is 0 Å². The fraction of sp³-hybridized carbons (Fsp3) is 0.364. The number of carboxylic acid groups (broad SMARTS) is 1. The predicted molar refractivity (Wildman–Crippen MR) is 117 cm³/mol. The van der Waals surface area contributed by atoms with Gasteiger partial charge in [-0.05, 0) is 61.2 Å². The number of aromatic carboxylic acids is 1. The number of likely N-dealkylation sites (tertiary alicyclic amines) is 1. The van der Waals surface area contributed by atoms with Crippen LogP contribution in [0.2, 0.25) is 0 Å². The number of hydrogen-bond donors (Lipinski definition) is 2. The Morgan fingerprint density at radius 3 is 2.28 bits per heavy atom. The molecule has 2 aromatic rings. The van der Waals surface area contributed by atoms with Gasteiger partial charge in [-0.15, -0.1) is 11.8 Å². The maximum absolute atomic E-state index is 10.9. The van der Waals surface area contributed by atoms with E-state index in [0.29, 0.717) is 11.3 Å². The van der Waals surface area contributed by atoms with Crippen LogP contribution in [0.15, 0.2) is 53.4 Å². The van der Waals surface area contributed by atoms with Crippen LogP contribution in [0.3, 0.4) is 0 Å². The SMILES string of the molecule is N#Cc1ccc(CCN2CCC(O)(CSc3ccc(C(=O)O)cc3)CC2)cc1.[NaH]. The molecule has 1 heterocycles. The monoisotopic (exact) mass is 420 g/mol. The molecule has 2 N–H and O–H groups in total. The van der Waals surface area contributed by atoms with E-state index in [1.54, 1.807) is 36.0 Å². The Hall–Kier alpha value is -1.33. The van der Waals surface area contributed by atoms with Crippen molar-refractivity contribution in [2.75, 3.05) is 25.4 Å². The second kappa shape index (κ2) is 11.2. The zero-order valence-electron chi connectivity index (χ0n) is 15.7. The number of hydrogen-bond acceptors (Lipinski definition) is 5. The van der Waals surface area contributed by atoms with E-state index in [0.717, 1.165) is 43.8 Å². The molecule has 29 heavy (non-hydrogen) atoms. The Morgan fingerprint density at radius 2 is 1.72 bits per heavy atom. The van der Waals surface area contributed by atoms with Gasteiger partial charge in [-0.1, -0.05) is 12.1 Å². The van der Waals surface area contributed by atoms with Crippen LogP contribution >= 0.6 is 11.8 Å². The van der Waals surface area contributed by atoms with Gasteiger partial charge in [-0.25, -0.2) is 4.79 Å². The van der Waals surface area contributed by atoms with Crippen molar-refractivity contribution in [3.63, 3.8) is 0 Å². The fourth-order valence-electron chi connectivity index (χ4n) is 3.28. The second-order valence-corrected chi connectivity index (χ2v) is 8.29. The number of nitriles is 1. The van der Waals surface area contributed by atoms with Crippen molar-refractivity contribution < 1.29 is 15.0 Å². The first-order chi connectivity index (χ1) is 13.5. The molecule has 3 rings (SSSR count). The second-order valence-electron chi connectivity index (χ2n) is 7.24. The molecular weight excluding hydrogens is 395 g/mol. The molecule has 1 aliphatic rings. The number of carboxylic acids is 1. The normalized spacial score (nSPS) is 15.9. The van der Waals surface area contributed by atoms with Gasteiger partial charge in [0.2, 0.25) is 0 Å². The van der Waals surface area contributed by atoms with E-state index in [-0.39, 0.29) is 35.1 Å². The molecule has 1 aliphatic heterocycles. The van der Waals surface area contributed by atoms with Gasteiger partial charge in [0.1, 0.15) is 0 Å². The van der Waals surface area contributed by atoms with E-state index in [4.69, 9.17) is 10.4 Å².